The maximum Gasteiger partial charge on any atom is 0.191 e. The largest absolute Gasteiger partial charge is 0.381 e. The van der Waals surface area contributed by atoms with E-state index in [0.717, 1.165) is 57.7 Å². The normalized spacial score (nSPS) is 18.5. The summed E-state index contributed by atoms with van der Waals surface area (Å²) < 4.78 is 5.67. The van der Waals surface area contributed by atoms with Crippen LogP contribution >= 0.6 is 24.0 Å². The summed E-state index contributed by atoms with van der Waals surface area (Å²) in [6.07, 6.45) is 4.98. The van der Waals surface area contributed by atoms with E-state index in [1.54, 1.807) is 0 Å². The van der Waals surface area contributed by atoms with Gasteiger partial charge in [0, 0.05) is 53.0 Å². The lowest BCUT2D eigenvalue weighted by Crippen LogP contribution is -2.37. The van der Waals surface area contributed by atoms with Gasteiger partial charge in [-0.15, -0.1) is 24.0 Å². The van der Waals surface area contributed by atoms with Crippen LogP contribution in [0.5, 0.6) is 0 Å². The number of rotatable bonds is 10. The predicted octanol–water partition coefficient (Wildman–Crippen LogP) is 2.92. The molecular formula is C23H40IN5O. The molecule has 0 amide bonds. The van der Waals surface area contributed by atoms with Crippen LogP contribution in [0.3, 0.4) is 0 Å². The molecule has 2 fully saturated rings. The van der Waals surface area contributed by atoms with Crippen LogP contribution in [0.15, 0.2) is 29.3 Å². The Balaban J connectivity index is 0.00000320. The predicted molar refractivity (Wildman–Crippen MR) is 136 cm³/mol. The minimum absolute atomic E-state index is 0. The number of hydrogen-bond donors (Lipinski definition) is 2. The second-order valence-electron chi connectivity index (χ2n) is 8.47. The summed E-state index contributed by atoms with van der Waals surface area (Å²) in [5.74, 6) is 1.69. The third-order valence-corrected chi connectivity index (χ3v) is 5.73. The first kappa shape index (κ1) is 25.4. The average Bonchev–Trinajstić information content (AvgIpc) is 3.57. The lowest BCUT2D eigenvalue weighted by molar-refractivity contribution is 0.123. The summed E-state index contributed by atoms with van der Waals surface area (Å²) >= 11 is 0. The van der Waals surface area contributed by atoms with Crippen molar-refractivity contribution in [3.05, 3.63) is 35.4 Å². The van der Waals surface area contributed by atoms with Gasteiger partial charge in [-0.25, -0.2) is 0 Å². The highest BCUT2D eigenvalue weighted by molar-refractivity contribution is 14.0. The molecule has 2 N–H and O–H groups in total. The molecule has 170 valence electrons. The molecule has 1 aliphatic heterocycles. The molecular weight excluding hydrogens is 489 g/mol. The second-order valence-corrected chi connectivity index (χ2v) is 8.47. The monoisotopic (exact) mass is 529 g/mol. The highest BCUT2D eigenvalue weighted by Gasteiger charge is 2.20. The van der Waals surface area contributed by atoms with E-state index in [2.05, 4.69) is 56.7 Å². The number of halogens is 1. The van der Waals surface area contributed by atoms with E-state index in [1.165, 1.54) is 50.0 Å². The van der Waals surface area contributed by atoms with Gasteiger partial charge >= 0.3 is 0 Å². The molecule has 0 unspecified atom stereocenters. The number of benzene rings is 1. The number of likely N-dealkylation sites (N-methyl/N-ethyl adjacent to an activating group) is 1. The van der Waals surface area contributed by atoms with Gasteiger partial charge in [0.05, 0.1) is 0 Å². The number of nitrogens with one attached hydrogen (secondary N) is 2. The van der Waals surface area contributed by atoms with Crippen LogP contribution in [-0.4, -0.2) is 75.8 Å². The molecule has 7 heteroatoms. The van der Waals surface area contributed by atoms with E-state index in [9.17, 15) is 0 Å². The Morgan fingerprint density at radius 1 is 1.07 bits per heavy atom. The Labute approximate surface area is 199 Å². The van der Waals surface area contributed by atoms with Gasteiger partial charge in [-0.05, 0) is 62.9 Å². The van der Waals surface area contributed by atoms with Crippen molar-refractivity contribution in [2.24, 2.45) is 10.9 Å². The molecule has 1 saturated carbocycles. The van der Waals surface area contributed by atoms with Crippen molar-refractivity contribution in [3.63, 3.8) is 0 Å². The van der Waals surface area contributed by atoms with Gasteiger partial charge in [-0.3, -0.25) is 9.89 Å². The van der Waals surface area contributed by atoms with Gasteiger partial charge in [0.2, 0.25) is 0 Å². The fraction of sp³-hybridized carbons (Fsp3) is 0.696. The fourth-order valence-corrected chi connectivity index (χ4v) is 3.60. The summed E-state index contributed by atoms with van der Waals surface area (Å²) in [5, 5.41) is 6.77. The van der Waals surface area contributed by atoms with Crippen molar-refractivity contribution < 1.29 is 4.74 Å². The van der Waals surface area contributed by atoms with Gasteiger partial charge in [0.25, 0.3) is 0 Å². The Hall–Kier alpha value is -0.900. The summed E-state index contributed by atoms with van der Waals surface area (Å²) in [7, 11) is 4.04. The van der Waals surface area contributed by atoms with E-state index in [0.29, 0.717) is 0 Å². The lowest BCUT2D eigenvalue weighted by atomic mass is 10.1. The summed E-state index contributed by atoms with van der Waals surface area (Å²) in [5.41, 5.74) is 2.67. The molecule has 6 nitrogen and oxygen atoms in total. The van der Waals surface area contributed by atoms with Gasteiger partial charge in [0.1, 0.15) is 0 Å². The number of hydrogen-bond acceptors (Lipinski definition) is 4. The van der Waals surface area contributed by atoms with E-state index in [-0.39, 0.29) is 24.0 Å². The van der Waals surface area contributed by atoms with E-state index >= 15 is 0 Å². The van der Waals surface area contributed by atoms with E-state index < -0.39 is 0 Å². The molecule has 3 rings (SSSR count). The molecule has 0 radical (unpaired) electrons. The fourth-order valence-electron chi connectivity index (χ4n) is 3.60. The van der Waals surface area contributed by atoms with Gasteiger partial charge in [0.15, 0.2) is 5.96 Å². The van der Waals surface area contributed by atoms with Crippen molar-refractivity contribution >= 4 is 29.9 Å². The minimum atomic E-state index is 0. The highest BCUT2D eigenvalue weighted by atomic mass is 127. The Bertz CT molecular complexity index is 621. The number of nitrogens with zero attached hydrogens (tertiary/aromatic N) is 3. The van der Waals surface area contributed by atoms with Crippen LogP contribution in [0.1, 0.15) is 36.8 Å². The maximum absolute atomic E-state index is 5.67. The van der Waals surface area contributed by atoms with Crippen LogP contribution < -0.4 is 10.6 Å². The molecule has 30 heavy (non-hydrogen) atoms. The molecule has 0 bridgehead atoms. The standard InChI is InChI=1S/C23H39N5O.HI/c1-24-23(25-11-3-16-29-19-22-9-10-22)26-17-20-5-7-21(8-6-20)18-28-13-4-12-27(2)14-15-28;/h5-8,22H,3-4,9-19H2,1-2H3,(H2,24,25,26);1H. The second kappa shape index (κ2) is 14.2. The van der Waals surface area contributed by atoms with Gasteiger partial charge in [-0.1, -0.05) is 24.3 Å². The van der Waals surface area contributed by atoms with E-state index in [1.807, 2.05) is 7.05 Å². The van der Waals surface area contributed by atoms with Crippen LogP contribution in [0.2, 0.25) is 0 Å². The quantitative estimate of drug-likeness (QED) is 0.211. The number of ether oxygens (including phenoxy) is 1. The first-order chi connectivity index (χ1) is 14.2. The molecule has 2 aliphatic rings. The Morgan fingerprint density at radius 3 is 2.57 bits per heavy atom. The third kappa shape index (κ3) is 9.94. The van der Waals surface area contributed by atoms with Crippen LogP contribution in [0.4, 0.5) is 0 Å². The maximum atomic E-state index is 5.67. The molecule has 1 aromatic carbocycles. The van der Waals surface area contributed by atoms with Gasteiger partial charge in [-0.2, -0.15) is 0 Å². The van der Waals surface area contributed by atoms with E-state index in [4.69, 9.17) is 4.74 Å². The Kier molecular flexibility index (Phi) is 12.0. The highest BCUT2D eigenvalue weighted by Crippen LogP contribution is 2.28. The number of guanidine groups is 1. The molecule has 1 saturated heterocycles. The van der Waals surface area contributed by atoms with Crippen molar-refractivity contribution in [1.82, 2.24) is 20.4 Å². The smallest absolute Gasteiger partial charge is 0.191 e. The zero-order valence-electron chi connectivity index (χ0n) is 18.7. The molecule has 0 aromatic heterocycles. The molecule has 1 heterocycles. The molecule has 0 atom stereocenters. The van der Waals surface area contributed by atoms with Crippen molar-refractivity contribution in [2.75, 3.05) is 60.0 Å². The Morgan fingerprint density at radius 2 is 1.83 bits per heavy atom. The molecule has 0 spiro atoms. The van der Waals surface area contributed by atoms with Crippen molar-refractivity contribution in [2.45, 2.75) is 38.8 Å². The van der Waals surface area contributed by atoms with Gasteiger partial charge < -0.3 is 20.3 Å². The molecule has 1 aromatic rings. The van der Waals surface area contributed by atoms with Crippen LogP contribution in [0.25, 0.3) is 0 Å². The molecule has 1 aliphatic carbocycles. The third-order valence-electron chi connectivity index (χ3n) is 5.73. The summed E-state index contributed by atoms with van der Waals surface area (Å²) in [4.78, 5) is 9.31. The lowest BCUT2D eigenvalue weighted by Gasteiger charge is -2.20. The first-order valence-corrected chi connectivity index (χ1v) is 11.2. The zero-order chi connectivity index (χ0) is 20.3. The van der Waals surface area contributed by atoms with Crippen LogP contribution in [0, 0.1) is 5.92 Å². The first-order valence-electron chi connectivity index (χ1n) is 11.2. The summed E-state index contributed by atoms with van der Waals surface area (Å²) in [6.45, 7) is 9.22. The number of aliphatic imine (C=N–C) groups is 1. The van der Waals surface area contributed by atoms with Crippen LogP contribution in [-0.2, 0) is 17.8 Å². The van der Waals surface area contributed by atoms with Crippen molar-refractivity contribution in [3.8, 4) is 0 Å². The zero-order valence-corrected chi connectivity index (χ0v) is 21.1. The summed E-state index contributed by atoms with van der Waals surface area (Å²) in [6, 6.07) is 8.98. The average molecular weight is 530 g/mol. The minimum Gasteiger partial charge on any atom is -0.381 e. The van der Waals surface area contributed by atoms with Crippen molar-refractivity contribution in [1.29, 1.82) is 0 Å². The SMILES string of the molecule is CN=C(NCCCOCC1CC1)NCc1ccc(CN2CCCN(C)CC2)cc1.I. The topological polar surface area (TPSA) is 52.1 Å².